The van der Waals surface area contributed by atoms with Crippen LogP contribution < -0.4 is 4.72 Å². The van der Waals surface area contributed by atoms with Gasteiger partial charge in [-0.25, -0.2) is 13.4 Å². The van der Waals surface area contributed by atoms with E-state index in [2.05, 4.69) is 19.8 Å². The lowest BCUT2D eigenvalue weighted by molar-refractivity contribution is 0.601. The van der Waals surface area contributed by atoms with E-state index < -0.39 is 10.0 Å². The van der Waals surface area contributed by atoms with Crippen LogP contribution in [0.5, 0.6) is 0 Å². The van der Waals surface area contributed by atoms with E-state index >= 15 is 0 Å². The van der Waals surface area contributed by atoms with E-state index in [0.717, 1.165) is 0 Å². The third kappa shape index (κ3) is 2.71. The van der Waals surface area contributed by atoms with Gasteiger partial charge in [-0.15, -0.1) is 0 Å². The molecule has 0 amide bonds. The molecule has 90 valence electrons. The van der Waals surface area contributed by atoms with Crippen molar-refractivity contribution < 1.29 is 8.42 Å². The minimum atomic E-state index is -3.70. The summed E-state index contributed by atoms with van der Waals surface area (Å²) in [6.45, 7) is 0. The molecule has 0 spiro atoms. The van der Waals surface area contributed by atoms with E-state index in [1.807, 2.05) is 0 Å². The molecule has 0 aliphatic carbocycles. The van der Waals surface area contributed by atoms with E-state index in [1.54, 1.807) is 7.05 Å². The average molecular weight is 274 g/mol. The Bertz CT molecular complexity index is 639. The molecule has 0 fully saturated rings. The van der Waals surface area contributed by atoms with E-state index in [0.29, 0.717) is 0 Å². The molecule has 2 heterocycles. The van der Waals surface area contributed by atoms with Gasteiger partial charge in [-0.05, 0) is 0 Å². The zero-order valence-electron chi connectivity index (χ0n) is 8.70. The summed E-state index contributed by atoms with van der Waals surface area (Å²) in [4.78, 5) is 7.54. The van der Waals surface area contributed by atoms with Gasteiger partial charge in [0.15, 0.2) is 5.82 Å². The zero-order valence-corrected chi connectivity index (χ0v) is 10.3. The molecular formula is C8H8ClN5O2S. The molecular weight excluding hydrogens is 266 g/mol. The lowest BCUT2D eigenvalue weighted by atomic mass is 10.7. The highest BCUT2D eigenvalue weighted by Crippen LogP contribution is 2.13. The minimum absolute atomic E-state index is 0.0433. The van der Waals surface area contributed by atoms with E-state index in [4.69, 9.17) is 11.6 Å². The molecule has 7 nitrogen and oxygen atoms in total. The molecule has 0 aliphatic heterocycles. The summed E-state index contributed by atoms with van der Waals surface area (Å²) < 4.78 is 27.3. The topological polar surface area (TPSA) is 89.8 Å². The van der Waals surface area contributed by atoms with Crippen LogP contribution in [0.1, 0.15) is 0 Å². The van der Waals surface area contributed by atoms with Crippen molar-refractivity contribution in [3.05, 3.63) is 29.9 Å². The first-order valence-electron chi connectivity index (χ1n) is 4.46. The van der Waals surface area contributed by atoms with Gasteiger partial charge in [0.05, 0.1) is 18.6 Å². The fourth-order valence-electron chi connectivity index (χ4n) is 1.13. The summed E-state index contributed by atoms with van der Waals surface area (Å²) in [6, 6.07) is 0. The second-order valence-corrected chi connectivity index (χ2v) is 5.25. The Balaban J connectivity index is 2.29. The Labute approximate surface area is 103 Å². The predicted octanol–water partition coefficient (Wildman–Crippen LogP) is 0.664. The molecule has 9 heteroatoms. The van der Waals surface area contributed by atoms with Gasteiger partial charge in [-0.1, -0.05) is 11.6 Å². The number of sulfonamides is 1. The molecule has 0 aliphatic rings. The summed E-state index contributed by atoms with van der Waals surface area (Å²) in [7, 11) is -2.08. The summed E-state index contributed by atoms with van der Waals surface area (Å²) in [5, 5.41) is 3.89. The molecule has 2 rings (SSSR count). The summed E-state index contributed by atoms with van der Waals surface area (Å²) in [5.74, 6) is 0.0568. The van der Waals surface area contributed by atoms with Crippen molar-refractivity contribution in [3.8, 4) is 0 Å². The van der Waals surface area contributed by atoms with Crippen LogP contribution in [0.3, 0.4) is 0 Å². The smallest absolute Gasteiger partial charge is 0.266 e. The Morgan fingerprint density at radius 3 is 2.71 bits per heavy atom. The van der Waals surface area contributed by atoms with Crippen LogP contribution in [-0.4, -0.2) is 28.2 Å². The number of halogens is 1. The Morgan fingerprint density at radius 1 is 1.35 bits per heavy atom. The molecule has 2 aromatic rings. The standard InChI is InChI=1S/C8H8ClN5O2S/c1-14-5-6(2-11-14)17(15,16)13-8-4-10-3-7(9)12-8/h2-5H,1H3,(H,12,13). The number of aromatic nitrogens is 4. The van der Waals surface area contributed by atoms with Crippen molar-refractivity contribution in [1.29, 1.82) is 0 Å². The van der Waals surface area contributed by atoms with Crippen LogP contribution >= 0.6 is 11.6 Å². The number of hydrogen-bond acceptors (Lipinski definition) is 5. The second kappa shape index (κ2) is 4.30. The van der Waals surface area contributed by atoms with Crippen molar-refractivity contribution in [3.63, 3.8) is 0 Å². The predicted molar refractivity (Wildman–Crippen MR) is 61.1 cm³/mol. The molecule has 1 N–H and O–H groups in total. The van der Waals surface area contributed by atoms with Crippen molar-refractivity contribution in [2.24, 2.45) is 7.05 Å². The zero-order chi connectivity index (χ0) is 12.5. The normalized spacial score (nSPS) is 11.4. The maximum absolute atomic E-state index is 11.9. The number of aryl methyl sites for hydroxylation is 1. The minimum Gasteiger partial charge on any atom is -0.274 e. The summed E-state index contributed by atoms with van der Waals surface area (Å²) >= 11 is 5.60. The van der Waals surface area contributed by atoms with Gasteiger partial charge in [0.2, 0.25) is 0 Å². The molecule has 0 radical (unpaired) electrons. The van der Waals surface area contributed by atoms with Crippen molar-refractivity contribution >= 4 is 27.4 Å². The molecule has 0 saturated heterocycles. The van der Waals surface area contributed by atoms with Crippen LogP contribution in [0.15, 0.2) is 29.7 Å². The maximum Gasteiger partial charge on any atom is 0.266 e. The van der Waals surface area contributed by atoms with Gasteiger partial charge in [0, 0.05) is 13.2 Å². The number of nitrogens with one attached hydrogen (secondary N) is 1. The molecule has 0 saturated carbocycles. The molecule has 0 aromatic carbocycles. The molecule has 2 aromatic heterocycles. The van der Waals surface area contributed by atoms with Crippen LogP contribution in [0.25, 0.3) is 0 Å². The monoisotopic (exact) mass is 273 g/mol. The second-order valence-electron chi connectivity index (χ2n) is 3.18. The van der Waals surface area contributed by atoms with E-state index in [1.165, 1.54) is 29.5 Å². The first kappa shape index (κ1) is 11.8. The van der Waals surface area contributed by atoms with Gasteiger partial charge in [-0.3, -0.25) is 14.4 Å². The third-order valence-electron chi connectivity index (χ3n) is 1.84. The summed E-state index contributed by atoms with van der Waals surface area (Å²) in [6.07, 6.45) is 5.18. The lowest BCUT2D eigenvalue weighted by Crippen LogP contribution is -2.13. The van der Waals surface area contributed by atoms with E-state index in [9.17, 15) is 8.42 Å². The average Bonchev–Trinajstić information content (AvgIpc) is 2.65. The largest absolute Gasteiger partial charge is 0.274 e. The number of anilines is 1. The molecule has 0 unspecified atom stereocenters. The summed E-state index contributed by atoms with van der Waals surface area (Å²) in [5.41, 5.74) is 0. The highest BCUT2D eigenvalue weighted by Gasteiger charge is 2.16. The van der Waals surface area contributed by atoms with Crippen molar-refractivity contribution in [2.75, 3.05) is 4.72 Å². The Morgan fingerprint density at radius 2 is 2.12 bits per heavy atom. The van der Waals surface area contributed by atoms with Gasteiger partial charge in [0.25, 0.3) is 10.0 Å². The van der Waals surface area contributed by atoms with Crippen LogP contribution in [0.2, 0.25) is 5.15 Å². The van der Waals surface area contributed by atoms with Crippen LogP contribution in [0, 0.1) is 0 Å². The fraction of sp³-hybridized carbons (Fsp3) is 0.125. The number of nitrogens with zero attached hydrogens (tertiary/aromatic N) is 4. The highest BCUT2D eigenvalue weighted by molar-refractivity contribution is 7.92. The first-order valence-corrected chi connectivity index (χ1v) is 6.32. The fourth-order valence-corrected chi connectivity index (χ4v) is 2.24. The van der Waals surface area contributed by atoms with Crippen LogP contribution in [0.4, 0.5) is 5.82 Å². The molecule has 0 bridgehead atoms. The molecule has 17 heavy (non-hydrogen) atoms. The lowest BCUT2D eigenvalue weighted by Gasteiger charge is -2.04. The van der Waals surface area contributed by atoms with Gasteiger partial charge in [0.1, 0.15) is 10.0 Å². The first-order chi connectivity index (χ1) is 7.97. The maximum atomic E-state index is 11.9. The molecule has 0 atom stereocenters. The van der Waals surface area contributed by atoms with Gasteiger partial charge < -0.3 is 0 Å². The van der Waals surface area contributed by atoms with E-state index in [-0.39, 0.29) is 15.9 Å². The van der Waals surface area contributed by atoms with Crippen molar-refractivity contribution in [2.45, 2.75) is 4.90 Å². The highest BCUT2D eigenvalue weighted by atomic mass is 35.5. The number of hydrogen-bond donors (Lipinski definition) is 1. The van der Waals surface area contributed by atoms with Crippen LogP contribution in [-0.2, 0) is 17.1 Å². The van der Waals surface area contributed by atoms with Gasteiger partial charge in [-0.2, -0.15) is 5.10 Å². The Hall–Kier alpha value is -1.67. The number of rotatable bonds is 3. The SMILES string of the molecule is Cn1cc(S(=O)(=O)Nc2cncc(Cl)n2)cn1. The Kier molecular flexibility index (Phi) is 2.99. The quantitative estimate of drug-likeness (QED) is 0.887. The van der Waals surface area contributed by atoms with Gasteiger partial charge >= 0.3 is 0 Å². The van der Waals surface area contributed by atoms with Crippen molar-refractivity contribution in [1.82, 2.24) is 19.7 Å². The third-order valence-corrected chi connectivity index (χ3v) is 3.33.